The van der Waals surface area contributed by atoms with Gasteiger partial charge >= 0.3 is 11.7 Å². The van der Waals surface area contributed by atoms with Gasteiger partial charge in [0.2, 0.25) is 5.88 Å². The van der Waals surface area contributed by atoms with Gasteiger partial charge in [-0.15, -0.1) is 0 Å². The highest BCUT2D eigenvalue weighted by Gasteiger charge is 2.46. The van der Waals surface area contributed by atoms with Gasteiger partial charge in [0.1, 0.15) is 11.2 Å². The highest BCUT2D eigenvalue weighted by Crippen LogP contribution is 2.47. The molecule has 50 heavy (non-hydrogen) atoms. The number of nitrogens with zero attached hydrogens (tertiary/aromatic N) is 5. The highest BCUT2D eigenvalue weighted by atomic mass is 35.5. The monoisotopic (exact) mass is 712 g/mol. The average molecular weight is 714 g/mol. The zero-order valence-corrected chi connectivity index (χ0v) is 29.2. The number of amides is 2. The first-order chi connectivity index (χ1) is 24.1. The predicted octanol–water partition coefficient (Wildman–Crippen LogP) is 5.16. The minimum Gasteiger partial charge on any atom is -0.481 e. The third-order valence-corrected chi connectivity index (χ3v) is 11.1. The number of aryl methyl sites for hydroxylation is 2. The van der Waals surface area contributed by atoms with Crippen molar-refractivity contribution in [2.75, 3.05) is 32.1 Å². The number of likely N-dealkylation sites (tertiary alicyclic amines) is 1. The number of fused-ring (bicyclic) bond motifs is 2. The Morgan fingerprint density at radius 1 is 1.00 bits per heavy atom. The number of rotatable bonds is 6. The Morgan fingerprint density at radius 3 is 2.52 bits per heavy atom. The van der Waals surface area contributed by atoms with Crippen molar-refractivity contribution < 1.29 is 9.53 Å². The van der Waals surface area contributed by atoms with E-state index in [1.807, 2.05) is 30.3 Å². The summed E-state index contributed by atoms with van der Waals surface area (Å²) < 4.78 is 8.37. The van der Waals surface area contributed by atoms with Crippen molar-refractivity contribution in [2.24, 2.45) is 14.1 Å². The van der Waals surface area contributed by atoms with Crippen LogP contribution in [0.4, 0.5) is 16.3 Å². The molecule has 2 aromatic carbocycles. The van der Waals surface area contributed by atoms with Crippen LogP contribution in [0.3, 0.4) is 0 Å². The Bertz CT molecular complexity index is 2360. The lowest BCUT2D eigenvalue weighted by molar-refractivity contribution is 0.219. The van der Waals surface area contributed by atoms with Crippen LogP contribution in [0.15, 0.2) is 64.3 Å². The number of pyridine rings is 2. The van der Waals surface area contributed by atoms with Crippen LogP contribution < -0.4 is 31.9 Å². The van der Waals surface area contributed by atoms with Crippen molar-refractivity contribution >= 4 is 51.6 Å². The van der Waals surface area contributed by atoms with Gasteiger partial charge in [-0.1, -0.05) is 53.5 Å². The van der Waals surface area contributed by atoms with E-state index in [1.165, 1.54) is 23.4 Å². The maximum Gasteiger partial charge on any atom is 0.330 e. The molecule has 1 aliphatic carbocycles. The molecule has 2 saturated heterocycles. The summed E-state index contributed by atoms with van der Waals surface area (Å²) in [5, 5.41) is 10.4. The van der Waals surface area contributed by atoms with Crippen molar-refractivity contribution in [1.29, 1.82) is 0 Å². The molecule has 2 aliphatic heterocycles. The standard InChI is InChI=1S/C36H34Cl2N8O4/c1-44-25-12-14-39-31(28(25)33(47)45(2)35(44)49)41-23-9-5-7-21(30(23)38)20-6-4-8-22(29(20)37)24-16-19-10-11-26(27(19)32(42-24)50-3)46-15-13-36(18-46)17-40-34(48)43-36/h4-9,12,14,16,26H,10-11,13,15,17-18H2,1-3H3,(H,39,41)(H2,40,43,48)/t26-,36+/m0/s1. The summed E-state index contributed by atoms with van der Waals surface area (Å²) in [7, 11) is 4.69. The van der Waals surface area contributed by atoms with Crippen LogP contribution in [0.2, 0.25) is 10.0 Å². The number of anilines is 2. The van der Waals surface area contributed by atoms with Crippen LogP contribution in [-0.4, -0.2) is 62.3 Å². The maximum absolute atomic E-state index is 13.2. The van der Waals surface area contributed by atoms with Crippen LogP contribution in [0.1, 0.15) is 30.0 Å². The smallest absolute Gasteiger partial charge is 0.330 e. The summed E-state index contributed by atoms with van der Waals surface area (Å²) in [6.45, 7) is 2.29. The molecule has 0 unspecified atom stereocenters. The molecule has 256 valence electrons. The van der Waals surface area contributed by atoms with Gasteiger partial charge in [-0.05, 0) is 43.0 Å². The lowest BCUT2D eigenvalue weighted by Gasteiger charge is -2.28. The van der Waals surface area contributed by atoms with E-state index in [0.29, 0.717) is 50.5 Å². The van der Waals surface area contributed by atoms with E-state index in [-0.39, 0.29) is 28.8 Å². The molecule has 0 radical (unpaired) electrons. The predicted molar refractivity (Wildman–Crippen MR) is 194 cm³/mol. The molecule has 2 atom stereocenters. The molecule has 5 heterocycles. The third-order valence-electron chi connectivity index (χ3n) is 10.3. The largest absolute Gasteiger partial charge is 0.481 e. The molecule has 2 amide bonds. The highest BCUT2D eigenvalue weighted by molar-refractivity contribution is 6.39. The number of hydrogen-bond acceptors (Lipinski definition) is 8. The second kappa shape index (κ2) is 12.1. The van der Waals surface area contributed by atoms with Crippen molar-refractivity contribution in [2.45, 2.75) is 30.8 Å². The van der Waals surface area contributed by atoms with Crippen LogP contribution >= 0.6 is 23.2 Å². The molecule has 3 N–H and O–H groups in total. The first-order valence-electron chi connectivity index (χ1n) is 16.4. The Morgan fingerprint density at radius 2 is 1.76 bits per heavy atom. The Kier molecular flexibility index (Phi) is 7.85. The van der Waals surface area contributed by atoms with Crippen molar-refractivity contribution in [3.8, 4) is 28.3 Å². The summed E-state index contributed by atoms with van der Waals surface area (Å²) in [4.78, 5) is 49.4. The molecule has 0 bridgehead atoms. The molecule has 0 saturated carbocycles. The summed E-state index contributed by atoms with van der Waals surface area (Å²) in [6, 6.07) is 15.0. The third kappa shape index (κ3) is 5.12. The number of urea groups is 1. The van der Waals surface area contributed by atoms with Crippen molar-refractivity contribution in [3.63, 3.8) is 0 Å². The van der Waals surface area contributed by atoms with E-state index in [0.717, 1.165) is 48.0 Å². The lowest BCUT2D eigenvalue weighted by atomic mass is 9.99. The molecule has 5 aromatic rings. The first-order valence-corrected chi connectivity index (χ1v) is 17.1. The first kappa shape index (κ1) is 32.3. The van der Waals surface area contributed by atoms with E-state index in [9.17, 15) is 14.4 Å². The summed E-state index contributed by atoms with van der Waals surface area (Å²) in [5.74, 6) is 0.852. The fourth-order valence-electron chi connectivity index (χ4n) is 7.76. The van der Waals surface area contributed by atoms with E-state index >= 15 is 0 Å². The zero-order chi connectivity index (χ0) is 34.9. The van der Waals surface area contributed by atoms with E-state index in [1.54, 1.807) is 26.3 Å². The molecule has 3 aromatic heterocycles. The zero-order valence-electron chi connectivity index (χ0n) is 27.6. The summed E-state index contributed by atoms with van der Waals surface area (Å²) in [5.41, 5.74) is 4.92. The second-order valence-electron chi connectivity index (χ2n) is 13.2. The topological polar surface area (TPSA) is 135 Å². The molecule has 3 aliphatic rings. The number of nitrogens with one attached hydrogen (secondary N) is 3. The summed E-state index contributed by atoms with van der Waals surface area (Å²) in [6.07, 6.45) is 4.24. The quantitative estimate of drug-likeness (QED) is 0.220. The van der Waals surface area contributed by atoms with Gasteiger partial charge in [0.05, 0.1) is 39.6 Å². The van der Waals surface area contributed by atoms with E-state index in [4.69, 9.17) is 32.9 Å². The normalized spacial score (nSPS) is 19.9. The van der Waals surface area contributed by atoms with Gasteiger partial charge in [0, 0.05) is 68.2 Å². The molecule has 12 nitrogen and oxygen atoms in total. The van der Waals surface area contributed by atoms with Gasteiger partial charge < -0.3 is 20.7 Å². The molecule has 8 rings (SSSR count). The van der Waals surface area contributed by atoms with Crippen molar-refractivity contribution in [3.05, 3.63) is 96.7 Å². The SMILES string of the molecule is COc1nc(-c2cccc(-c3cccc(Nc4nccc5c4c(=O)n(C)c(=O)n5C)c3Cl)c2Cl)cc2c1[C@@H](N1CC[C@@]3(CNC(=O)N3)C1)CC2. The molecular formula is C36H34Cl2N8O4. The van der Waals surface area contributed by atoms with Gasteiger partial charge in [-0.25, -0.2) is 19.6 Å². The van der Waals surface area contributed by atoms with Gasteiger partial charge in [-0.2, -0.15) is 0 Å². The fourth-order valence-corrected chi connectivity index (χ4v) is 8.36. The van der Waals surface area contributed by atoms with Gasteiger partial charge in [-0.3, -0.25) is 18.8 Å². The van der Waals surface area contributed by atoms with E-state index in [2.05, 4.69) is 31.9 Å². The van der Waals surface area contributed by atoms with Crippen molar-refractivity contribution in [1.82, 2.24) is 34.6 Å². The van der Waals surface area contributed by atoms with Crippen LogP contribution in [-0.2, 0) is 20.5 Å². The molecular weight excluding hydrogens is 679 g/mol. The average Bonchev–Trinajstić information content (AvgIpc) is 3.84. The minimum absolute atomic E-state index is 0.103. The summed E-state index contributed by atoms with van der Waals surface area (Å²) >= 11 is 14.2. The number of aromatic nitrogens is 4. The Balaban J connectivity index is 1.13. The Labute approximate surface area is 297 Å². The second-order valence-corrected chi connectivity index (χ2v) is 13.9. The number of hydrogen-bond donors (Lipinski definition) is 3. The maximum atomic E-state index is 13.2. The number of carbonyl (C=O) groups is 1. The van der Waals surface area contributed by atoms with Crippen LogP contribution in [0.25, 0.3) is 33.3 Å². The molecule has 14 heteroatoms. The van der Waals surface area contributed by atoms with Crippen LogP contribution in [0.5, 0.6) is 5.88 Å². The fraction of sp³-hybridized carbons (Fsp3) is 0.306. The number of methoxy groups -OCH3 is 1. The molecule has 2 fully saturated rings. The molecule has 1 spiro atoms. The number of ether oxygens (including phenoxy) is 1. The Hall–Kier alpha value is -4.91. The number of halogens is 2. The number of carbonyl (C=O) groups excluding carboxylic acids is 1. The van der Waals surface area contributed by atoms with Crippen LogP contribution in [0, 0.1) is 0 Å². The number of benzene rings is 2. The van der Waals surface area contributed by atoms with E-state index < -0.39 is 11.2 Å². The van der Waals surface area contributed by atoms with Gasteiger partial charge in [0.25, 0.3) is 5.56 Å². The minimum atomic E-state index is -0.464. The van der Waals surface area contributed by atoms with Gasteiger partial charge in [0.15, 0.2) is 0 Å². The lowest BCUT2D eigenvalue weighted by Crippen LogP contribution is -2.46.